The third-order valence-electron chi connectivity index (χ3n) is 4.24. The molecule has 0 atom stereocenters. The third-order valence-corrected chi connectivity index (χ3v) is 4.24. The van der Waals surface area contributed by atoms with Crippen LogP contribution in [0.1, 0.15) is 18.4 Å². The molecule has 0 aliphatic rings. The van der Waals surface area contributed by atoms with E-state index in [2.05, 4.69) is 0 Å². The first-order valence-electron chi connectivity index (χ1n) is 8.38. The minimum Gasteiger partial charge on any atom is -0.251 e. The fraction of sp³-hybridized carbons (Fsp3) is 0.182. The number of aryl methyl sites for hydroxylation is 1. The van der Waals surface area contributed by atoms with Crippen molar-refractivity contribution in [3.63, 3.8) is 0 Å². The predicted molar refractivity (Wildman–Crippen MR) is 96.1 cm³/mol. The monoisotopic (exact) mass is 340 g/mol. The summed E-state index contributed by atoms with van der Waals surface area (Å²) >= 11 is 0. The molecule has 3 aromatic carbocycles. The average Bonchev–Trinajstić information content (AvgIpc) is 2.62. The smallest absolute Gasteiger partial charge is 0.131 e. The normalized spacial score (nSPS) is 10.8. The van der Waals surface area contributed by atoms with Crippen molar-refractivity contribution in [2.45, 2.75) is 19.3 Å². The van der Waals surface area contributed by atoms with Crippen molar-refractivity contribution in [1.82, 2.24) is 0 Å². The second kappa shape index (κ2) is 8.02. The second-order valence-corrected chi connectivity index (χ2v) is 6.05. The molecule has 3 heteroatoms. The summed E-state index contributed by atoms with van der Waals surface area (Å²) in [6, 6.07) is 18.8. The molecule has 0 amide bonds. The Bertz CT molecular complexity index is 838. The van der Waals surface area contributed by atoms with Crippen LogP contribution in [0.4, 0.5) is 13.2 Å². The molecule has 3 rings (SSSR count). The highest BCUT2D eigenvalue weighted by molar-refractivity contribution is 5.71. The molecule has 0 saturated heterocycles. The molecule has 0 aromatic heterocycles. The van der Waals surface area contributed by atoms with Crippen LogP contribution in [-0.4, -0.2) is 6.67 Å². The summed E-state index contributed by atoms with van der Waals surface area (Å²) in [5, 5.41) is 0. The van der Waals surface area contributed by atoms with Gasteiger partial charge < -0.3 is 0 Å². The standard InChI is InChI=1S/C22H19F3/c23-13-2-1-4-16-7-9-17(10-8-16)18-11-12-21(22(25)15-18)19-5-3-6-20(24)14-19/h3,5-12,14-15H,1-2,4,13H2. The summed E-state index contributed by atoms with van der Waals surface area (Å²) in [5.41, 5.74) is 3.74. The molecular formula is C22H19F3. The number of hydrogen-bond acceptors (Lipinski definition) is 0. The Kier molecular flexibility index (Phi) is 5.54. The predicted octanol–water partition coefficient (Wildman–Crippen LogP) is 6.59. The van der Waals surface area contributed by atoms with Gasteiger partial charge in [0.1, 0.15) is 11.6 Å². The number of hydrogen-bond donors (Lipinski definition) is 0. The lowest BCUT2D eigenvalue weighted by molar-refractivity contribution is 0.462. The number of unbranched alkanes of at least 4 members (excludes halogenated alkanes) is 1. The molecule has 0 heterocycles. The van der Waals surface area contributed by atoms with Crippen LogP contribution >= 0.6 is 0 Å². The van der Waals surface area contributed by atoms with Gasteiger partial charge in [0.05, 0.1) is 6.67 Å². The number of benzene rings is 3. The lowest BCUT2D eigenvalue weighted by Gasteiger charge is -2.08. The summed E-state index contributed by atoms with van der Waals surface area (Å²) in [6.07, 6.45) is 2.25. The fourth-order valence-electron chi connectivity index (χ4n) is 2.87. The van der Waals surface area contributed by atoms with E-state index in [0.29, 0.717) is 17.5 Å². The zero-order valence-electron chi connectivity index (χ0n) is 13.8. The second-order valence-electron chi connectivity index (χ2n) is 6.05. The summed E-state index contributed by atoms with van der Waals surface area (Å²) in [6.45, 7) is -0.283. The van der Waals surface area contributed by atoms with Crippen LogP contribution in [0.5, 0.6) is 0 Å². The zero-order chi connectivity index (χ0) is 17.6. The van der Waals surface area contributed by atoms with Gasteiger partial charge in [-0.15, -0.1) is 0 Å². The van der Waals surface area contributed by atoms with Gasteiger partial charge in [-0.1, -0.05) is 48.5 Å². The van der Waals surface area contributed by atoms with Gasteiger partial charge in [0, 0.05) is 5.56 Å². The SMILES string of the molecule is FCCCCc1ccc(-c2ccc(-c3cccc(F)c3)c(F)c2)cc1. The average molecular weight is 340 g/mol. The van der Waals surface area contributed by atoms with Crippen LogP contribution in [0.3, 0.4) is 0 Å². The fourth-order valence-corrected chi connectivity index (χ4v) is 2.87. The van der Waals surface area contributed by atoms with E-state index in [1.807, 2.05) is 30.3 Å². The molecule has 0 nitrogen and oxygen atoms in total. The maximum absolute atomic E-state index is 14.5. The van der Waals surface area contributed by atoms with Gasteiger partial charge in [-0.05, 0) is 59.7 Å². The molecule has 0 fully saturated rings. The highest BCUT2D eigenvalue weighted by Crippen LogP contribution is 2.28. The molecule has 128 valence electrons. The maximum atomic E-state index is 14.5. The highest BCUT2D eigenvalue weighted by Gasteiger charge is 2.08. The molecule has 0 spiro atoms. The molecule has 0 aliphatic heterocycles. The molecule has 0 radical (unpaired) electrons. The van der Waals surface area contributed by atoms with Gasteiger partial charge in [-0.25, -0.2) is 8.78 Å². The van der Waals surface area contributed by atoms with Gasteiger partial charge >= 0.3 is 0 Å². The van der Waals surface area contributed by atoms with Gasteiger partial charge in [-0.2, -0.15) is 0 Å². The van der Waals surface area contributed by atoms with Gasteiger partial charge in [-0.3, -0.25) is 4.39 Å². The van der Waals surface area contributed by atoms with E-state index >= 15 is 0 Å². The summed E-state index contributed by atoms with van der Waals surface area (Å²) < 4.78 is 40.0. The van der Waals surface area contributed by atoms with E-state index in [1.54, 1.807) is 18.2 Å². The molecular weight excluding hydrogens is 321 g/mol. The van der Waals surface area contributed by atoms with Crippen molar-refractivity contribution in [2.75, 3.05) is 6.67 Å². The van der Waals surface area contributed by atoms with Crippen molar-refractivity contribution < 1.29 is 13.2 Å². The first-order chi connectivity index (χ1) is 12.2. The Morgan fingerprint density at radius 2 is 1.44 bits per heavy atom. The third kappa shape index (κ3) is 4.30. The van der Waals surface area contributed by atoms with E-state index in [-0.39, 0.29) is 18.3 Å². The number of rotatable bonds is 6. The van der Waals surface area contributed by atoms with Gasteiger partial charge in [0.15, 0.2) is 0 Å². The Balaban J connectivity index is 1.80. The lowest BCUT2D eigenvalue weighted by Crippen LogP contribution is -1.89. The van der Waals surface area contributed by atoms with E-state index in [4.69, 9.17) is 0 Å². The van der Waals surface area contributed by atoms with Crippen LogP contribution in [0.15, 0.2) is 66.7 Å². The van der Waals surface area contributed by atoms with Gasteiger partial charge in [0.2, 0.25) is 0 Å². The minimum atomic E-state index is -0.385. The topological polar surface area (TPSA) is 0 Å². The largest absolute Gasteiger partial charge is 0.251 e. The van der Waals surface area contributed by atoms with Crippen LogP contribution in [0.2, 0.25) is 0 Å². The molecule has 0 bridgehead atoms. The summed E-state index contributed by atoms with van der Waals surface area (Å²) in [5.74, 6) is -0.764. The van der Waals surface area contributed by atoms with Crippen LogP contribution in [-0.2, 0) is 6.42 Å². The van der Waals surface area contributed by atoms with Crippen molar-refractivity contribution in [3.05, 3.63) is 83.9 Å². The Hall–Kier alpha value is -2.55. The van der Waals surface area contributed by atoms with Crippen LogP contribution in [0.25, 0.3) is 22.3 Å². The Morgan fingerprint density at radius 3 is 2.12 bits per heavy atom. The van der Waals surface area contributed by atoms with E-state index < -0.39 is 0 Å². The van der Waals surface area contributed by atoms with Crippen molar-refractivity contribution in [2.24, 2.45) is 0 Å². The quantitative estimate of drug-likeness (QED) is 0.444. The molecule has 0 saturated carbocycles. The zero-order valence-corrected chi connectivity index (χ0v) is 13.8. The molecule has 3 aromatic rings. The van der Waals surface area contributed by atoms with Gasteiger partial charge in [0.25, 0.3) is 0 Å². The van der Waals surface area contributed by atoms with Crippen molar-refractivity contribution >= 4 is 0 Å². The minimum absolute atomic E-state index is 0.283. The van der Waals surface area contributed by atoms with Crippen molar-refractivity contribution in [3.8, 4) is 22.3 Å². The highest BCUT2D eigenvalue weighted by atomic mass is 19.1. The maximum Gasteiger partial charge on any atom is 0.131 e. The lowest BCUT2D eigenvalue weighted by atomic mass is 9.98. The molecule has 0 N–H and O–H groups in total. The molecule has 0 aliphatic carbocycles. The van der Waals surface area contributed by atoms with Crippen LogP contribution in [0, 0.1) is 11.6 Å². The Labute approximate surface area is 146 Å². The first-order valence-corrected chi connectivity index (χ1v) is 8.38. The van der Waals surface area contributed by atoms with Crippen LogP contribution < -0.4 is 0 Å². The molecule has 25 heavy (non-hydrogen) atoms. The van der Waals surface area contributed by atoms with E-state index in [1.165, 1.54) is 18.2 Å². The summed E-state index contributed by atoms with van der Waals surface area (Å²) in [4.78, 5) is 0. The van der Waals surface area contributed by atoms with E-state index in [9.17, 15) is 13.2 Å². The number of halogens is 3. The first kappa shape index (κ1) is 17.3. The molecule has 0 unspecified atom stereocenters. The summed E-state index contributed by atoms with van der Waals surface area (Å²) in [7, 11) is 0. The van der Waals surface area contributed by atoms with Crippen molar-refractivity contribution in [1.29, 1.82) is 0 Å². The Morgan fingerprint density at radius 1 is 0.680 bits per heavy atom. The number of alkyl halides is 1. The van der Waals surface area contributed by atoms with E-state index in [0.717, 1.165) is 29.5 Å².